The van der Waals surface area contributed by atoms with Crippen LogP contribution >= 0.6 is 0 Å². The number of aliphatic imine (C=N–C) groups is 1. The maximum absolute atomic E-state index is 11.8. The molecule has 2 heteroatoms. The van der Waals surface area contributed by atoms with Gasteiger partial charge in [-0.05, 0) is 57.1 Å². The van der Waals surface area contributed by atoms with Gasteiger partial charge in [0.15, 0.2) is 0 Å². The van der Waals surface area contributed by atoms with Gasteiger partial charge in [-0.2, -0.15) is 0 Å². The Bertz CT molecular complexity index is 1880. The first-order chi connectivity index (χ1) is 19.7. The van der Waals surface area contributed by atoms with E-state index in [-0.39, 0.29) is 11.2 Å². The highest BCUT2D eigenvalue weighted by molar-refractivity contribution is 6.04. The van der Waals surface area contributed by atoms with Crippen LogP contribution in [0.1, 0.15) is 55.5 Å². The van der Waals surface area contributed by atoms with E-state index in [9.17, 15) is 5.11 Å². The smallest absolute Gasteiger partial charge is 0.128 e. The SMILES string of the molecule is CC(C)(c1ccccc1)c1cc(C=Nc2cccc3cc4ccccc4cc23)c(O)c(C(C)(C)c2ccccc2)c1. The molecule has 0 fully saturated rings. The van der Waals surface area contributed by atoms with Gasteiger partial charge in [-0.1, -0.05) is 131 Å². The van der Waals surface area contributed by atoms with Crippen molar-refractivity contribution in [2.45, 2.75) is 38.5 Å². The minimum absolute atomic E-state index is 0.265. The van der Waals surface area contributed by atoms with Crippen LogP contribution in [0.5, 0.6) is 5.75 Å². The standard InChI is InChI=1S/C39H35NO/c1-38(2,31-17-7-5-8-18-31)33-23-30(37(41)35(25-33)39(3,4)32-19-9-6-10-20-32)26-40-36-21-13-16-29-22-27-14-11-12-15-28(27)24-34(29)36/h5-26,41H,1-4H3. The minimum atomic E-state index is -0.422. The molecule has 0 atom stereocenters. The molecule has 1 N–H and O–H groups in total. The third-order valence-electron chi connectivity index (χ3n) is 8.59. The molecule has 2 nitrogen and oxygen atoms in total. The summed E-state index contributed by atoms with van der Waals surface area (Å²) in [6, 6.07) is 44.2. The average molecular weight is 534 g/mol. The molecule has 0 aromatic heterocycles. The summed E-state index contributed by atoms with van der Waals surface area (Å²) in [6.07, 6.45) is 1.83. The molecule has 0 amide bonds. The lowest BCUT2D eigenvalue weighted by atomic mass is 9.72. The summed E-state index contributed by atoms with van der Waals surface area (Å²) in [6.45, 7) is 8.83. The molecule has 41 heavy (non-hydrogen) atoms. The summed E-state index contributed by atoms with van der Waals surface area (Å²) in [5, 5.41) is 16.4. The van der Waals surface area contributed by atoms with Gasteiger partial charge in [-0.3, -0.25) is 4.99 Å². The van der Waals surface area contributed by atoms with Crippen molar-refractivity contribution in [1.29, 1.82) is 0 Å². The average Bonchev–Trinajstić information content (AvgIpc) is 3.00. The Balaban J connectivity index is 1.53. The van der Waals surface area contributed by atoms with Crippen molar-refractivity contribution in [2.24, 2.45) is 4.99 Å². The highest BCUT2D eigenvalue weighted by Gasteiger charge is 2.31. The Hall–Kier alpha value is -4.69. The molecule has 0 aliphatic carbocycles. The Morgan fingerprint density at radius 2 is 1.10 bits per heavy atom. The monoisotopic (exact) mass is 533 g/mol. The minimum Gasteiger partial charge on any atom is -0.507 e. The largest absolute Gasteiger partial charge is 0.507 e. The quantitative estimate of drug-likeness (QED) is 0.168. The summed E-state index contributed by atoms with van der Waals surface area (Å²) >= 11 is 0. The first-order valence-corrected chi connectivity index (χ1v) is 14.2. The van der Waals surface area contributed by atoms with Crippen molar-refractivity contribution in [1.82, 2.24) is 0 Å². The Morgan fingerprint density at radius 1 is 0.537 bits per heavy atom. The highest BCUT2D eigenvalue weighted by atomic mass is 16.3. The molecule has 0 saturated heterocycles. The summed E-state index contributed by atoms with van der Waals surface area (Å²) in [4.78, 5) is 4.98. The molecule has 6 aromatic rings. The van der Waals surface area contributed by atoms with Gasteiger partial charge in [0.2, 0.25) is 0 Å². The van der Waals surface area contributed by atoms with Gasteiger partial charge in [0.25, 0.3) is 0 Å². The van der Waals surface area contributed by atoms with Crippen molar-refractivity contribution in [3.05, 3.63) is 155 Å². The number of phenolic OH excluding ortho intramolecular Hbond substituents is 1. The molecule has 6 aromatic carbocycles. The first kappa shape index (κ1) is 26.5. The number of rotatable bonds is 6. The van der Waals surface area contributed by atoms with Crippen molar-refractivity contribution >= 4 is 33.4 Å². The van der Waals surface area contributed by atoms with Crippen molar-refractivity contribution < 1.29 is 5.11 Å². The maximum atomic E-state index is 11.8. The van der Waals surface area contributed by atoms with E-state index >= 15 is 0 Å². The van der Waals surface area contributed by atoms with Gasteiger partial charge in [0, 0.05) is 33.6 Å². The van der Waals surface area contributed by atoms with E-state index in [0.717, 1.165) is 33.2 Å². The fourth-order valence-corrected chi connectivity index (χ4v) is 5.83. The Kier molecular flexibility index (Phi) is 6.71. The van der Waals surface area contributed by atoms with Crippen LogP contribution in [0.25, 0.3) is 21.5 Å². The molecule has 0 spiro atoms. The predicted octanol–water partition coefficient (Wildman–Crippen LogP) is 10.1. The van der Waals surface area contributed by atoms with Gasteiger partial charge in [-0.15, -0.1) is 0 Å². The van der Waals surface area contributed by atoms with Gasteiger partial charge in [-0.25, -0.2) is 0 Å². The summed E-state index contributed by atoms with van der Waals surface area (Å²) in [7, 11) is 0. The molecule has 0 aliphatic rings. The van der Waals surface area contributed by atoms with Gasteiger partial charge < -0.3 is 5.11 Å². The lowest BCUT2D eigenvalue weighted by Crippen LogP contribution is -2.24. The molecule has 0 aliphatic heterocycles. The molecule has 0 bridgehead atoms. The summed E-state index contributed by atoms with van der Waals surface area (Å²) in [5.74, 6) is 0.265. The zero-order chi connectivity index (χ0) is 28.6. The summed E-state index contributed by atoms with van der Waals surface area (Å²) in [5.41, 5.74) is 5.27. The van der Waals surface area contributed by atoms with Gasteiger partial charge >= 0.3 is 0 Å². The normalized spacial score (nSPS) is 12.4. The maximum Gasteiger partial charge on any atom is 0.128 e. The van der Waals surface area contributed by atoms with Gasteiger partial charge in [0.05, 0.1) is 5.69 Å². The molecule has 0 radical (unpaired) electrons. The Labute approximate surface area is 242 Å². The van der Waals surface area contributed by atoms with Crippen LogP contribution in [0.4, 0.5) is 5.69 Å². The van der Waals surface area contributed by atoms with Gasteiger partial charge in [0.1, 0.15) is 5.75 Å². The first-order valence-electron chi connectivity index (χ1n) is 14.2. The Morgan fingerprint density at radius 3 is 1.76 bits per heavy atom. The molecular formula is C39H35NO. The molecule has 6 rings (SSSR count). The van der Waals surface area contributed by atoms with Crippen LogP contribution in [0.3, 0.4) is 0 Å². The van der Waals surface area contributed by atoms with Crippen LogP contribution in [0.15, 0.2) is 132 Å². The number of fused-ring (bicyclic) bond motifs is 2. The second kappa shape index (κ2) is 10.4. The van der Waals surface area contributed by atoms with E-state index in [0.29, 0.717) is 5.56 Å². The lowest BCUT2D eigenvalue weighted by Gasteiger charge is -2.32. The zero-order valence-electron chi connectivity index (χ0n) is 24.1. The second-order valence-corrected chi connectivity index (χ2v) is 11.9. The number of hydrogen-bond donors (Lipinski definition) is 1. The van der Waals surface area contributed by atoms with E-state index in [1.807, 2.05) is 30.5 Å². The summed E-state index contributed by atoms with van der Waals surface area (Å²) < 4.78 is 0. The van der Waals surface area contributed by atoms with Crippen LogP contribution in [-0.4, -0.2) is 11.3 Å². The number of benzene rings is 6. The van der Waals surface area contributed by atoms with Crippen LogP contribution in [0.2, 0.25) is 0 Å². The lowest BCUT2D eigenvalue weighted by molar-refractivity contribution is 0.451. The zero-order valence-corrected chi connectivity index (χ0v) is 24.1. The van der Waals surface area contributed by atoms with Crippen molar-refractivity contribution in [3.63, 3.8) is 0 Å². The van der Waals surface area contributed by atoms with E-state index in [4.69, 9.17) is 4.99 Å². The fourth-order valence-electron chi connectivity index (χ4n) is 5.83. The predicted molar refractivity (Wildman–Crippen MR) is 174 cm³/mol. The molecule has 0 heterocycles. The number of nitrogens with zero attached hydrogens (tertiary/aromatic N) is 1. The number of aromatic hydroxyl groups is 1. The third kappa shape index (κ3) is 4.91. The molecule has 0 unspecified atom stereocenters. The molecule has 0 saturated carbocycles. The highest BCUT2D eigenvalue weighted by Crippen LogP contribution is 2.42. The van der Waals surface area contributed by atoms with E-state index < -0.39 is 5.41 Å². The number of hydrogen-bond acceptors (Lipinski definition) is 2. The van der Waals surface area contributed by atoms with Crippen molar-refractivity contribution in [3.8, 4) is 5.75 Å². The van der Waals surface area contributed by atoms with E-state index in [1.165, 1.54) is 16.3 Å². The molecule has 202 valence electrons. The topological polar surface area (TPSA) is 32.6 Å². The second-order valence-electron chi connectivity index (χ2n) is 11.9. The van der Waals surface area contributed by atoms with E-state index in [2.05, 4.69) is 131 Å². The van der Waals surface area contributed by atoms with E-state index in [1.54, 1.807) is 0 Å². The van der Waals surface area contributed by atoms with Crippen LogP contribution < -0.4 is 0 Å². The van der Waals surface area contributed by atoms with Crippen LogP contribution in [-0.2, 0) is 10.8 Å². The number of phenols is 1. The molecular weight excluding hydrogens is 498 g/mol. The van der Waals surface area contributed by atoms with Crippen molar-refractivity contribution in [2.75, 3.05) is 0 Å². The van der Waals surface area contributed by atoms with Crippen LogP contribution in [0, 0.1) is 0 Å². The third-order valence-corrected chi connectivity index (χ3v) is 8.59. The fraction of sp³-hybridized carbons (Fsp3) is 0.154.